The number of aromatic nitrogens is 4. The van der Waals surface area contributed by atoms with E-state index in [-0.39, 0.29) is 37.8 Å². The number of hydrogen-bond donors (Lipinski definition) is 2. The monoisotopic (exact) mass is 925 g/mol. The van der Waals surface area contributed by atoms with Crippen LogP contribution in [0.5, 0.6) is 28.9 Å². The van der Waals surface area contributed by atoms with Gasteiger partial charge < -0.3 is 38.2 Å². The number of methoxy groups -OCH3 is 1. The minimum Gasteiger partial charge on any atom is -0.496 e. The van der Waals surface area contributed by atoms with Crippen molar-refractivity contribution in [3.8, 4) is 61.8 Å². The van der Waals surface area contributed by atoms with Gasteiger partial charge in [-0.25, -0.2) is 33.3 Å². The number of halogens is 2. The number of rotatable bonds is 12. The van der Waals surface area contributed by atoms with Crippen LogP contribution in [0.2, 0.25) is 5.02 Å². The molecule has 0 amide bonds. The zero-order valence-corrected chi connectivity index (χ0v) is 37.1. The molecule has 0 spiro atoms. The normalized spacial score (nSPS) is 15.5. The smallest absolute Gasteiger partial charge is 0.345 e. The fourth-order valence-corrected chi connectivity index (χ4v) is 9.12. The second-order valence-electron chi connectivity index (χ2n) is 14.8. The molecule has 330 valence electrons. The molecule has 1 unspecified atom stereocenters. The molecule has 7 aromatic rings. The largest absolute Gasteiger partial charge is 0.496 e. The van der Waals surface area contributed by atoms with Crippen molar-refractivity contribution in [3.05, 3.63) is 125 Å². The van der Waals surface area contributed by atoms with Crippen LogP contribution in [0.3, 0.4) is 0 Å². The van der Waals surface area contributed by atoms with Crippen LogP contribution in [-0.2, 0) is 28.9 Å². The number of hydrogen-bond acceptors (Lipinski definition) is 13. The van der Waals surface area contributed by atoms with Gasteiger partial charge in [-0.05, 0) is 85.3 Å². The summed E-state index contributed by atoms with van der Waals surface area (Å²) in [6.07, 6.45) is 0.620. The number of ether oxygens (including phenoxy) is 5. The number of nitrogens with zero attached hydrogens (tertiary/aromatic N) is 5. The Bertz CT molecular complexity index is 2850. The third-order valence-electron chi connectivity index (χ3n) is 10.5. The number of thiophene rings is 1. The maximum atomic E-state index is 14.2. The molecule has 2 N–H and O–H groups in total. The van der Waals surface area contributed by atoms with E-state index in [9.17, 15) is 23.1 Å². The van der Waals surface area contributed by atoms with Crippen molar-refractivity contribution in [2.75, 3.05) is 39.6 Å². The van der Waals surface area contributed by atoms with E-state index >= 15 is 0 Å². The van der Waals surface area contributed by atoms with Crippen LogP contribution in [0, 0.1) is 12.7 Å². The van der Waals surface area contributed by atoms with Crippen molar-refractivity contribution in [1.82, 2.24) is 24.8 Å². The second kappa shape index (κ2) is 19.7. The van der Waals surface area contributed by atoms with Crippen LogP contribution in [0.25, 0.3) is 43.2 Å². The van der Waals surface area contributed by atoms with Crippen LogP contribution in [-0.4, -0.2) is 96.5 Å². The van der Waals surface area contributed by atoms with E-state index in [1.54, 1.807) is 62.8 Å². The van der Waals surface area contributed by atoms with Crippen molar-refractivity contribution in [3.63, 3.8) is 0 Å². The number of carbonyl (C=O) groups is 1. The van der Waals surface area contributed by atoms with Crippen molar-refractivity contribution in [1.29, 1.82) is 0 Å². The Labute approximate surface area is 378 Å². The zero-order chi connectivity index (χ0) is 44.9. The molecular formula is C46H41ClFN5O9S2. The molecule has 2 aliphatic rings. The average Bonchev–Trinajstić information content (AvgIpc) is 3.68. The number of aliphatic carboxylic acids is 1. The standard InChI is InChI=1S/C46H41ClFN5O9S2/c1-26-33-13-15-37(41(26)47)61-32(22-53(2)18-19-64(56)57)24-59-31-12-14-35(60-23-30-16-17-49-43(52-30)34-6-4-5-7-36(34)58-3)28(20-31)21-38(46(54)55)62-44-40-39(33)42(63-45(40)51-25-50-44)27-8-10-29(48)11-9-27/h4-17,20,25,32,38H,18-19,21-24H2,1-3H3,(H,54,55)(H,56,57)/t32-,38-/m1/s1. The molecule has 18 heteroatoms. The molecule has 9 rings (SSSR count). The van der Waals surface area contributed by atoms with E-state index in [1.165, 1.54) is 29.8 Å². The SMILES string of the molecule is COc1ccccc1-c1nccc(COc2ccc3cc2C[C@H](C(=O)O)Oc2ncnc4sc(-c5ccc(F)cc5)c(c24)-c2ccc(c(Cl)c2C)O[C@H](CN(C)CCS(=O)O)CO3)n1. The third kappa shape index (κ3) is 9.93. The van der Waals surface area contributed by atoms with Crippen LogP contribution < -0.4 is 23.7 Å². The van der Waals surface area contributed by atoms with Gasteiger partial charge in [0, 0.05) is 41.7 Å². The van der Waals surface area contributed by atoms with Gasteiger partial charge in [-0.1, -0.05) is 41.9 Å². The van der Waals surface area contributed by atoms with Crippen LogP contribution in [0.4, 0.5) is 4.39 Å². The third-order valence-corrected chi connectivity index (χ3v) is 12.6. The van der Waals surface area contributed by atoms with E-state index in [1.807, 2.05) is 42.2 Å². The first kappa shape index (κ1) is 44.4. The maximum Gasteiger partial charge on any atom is 0.345 e. The highest BCUT2D eigenvalue weighted by Gasteiger charge is 2.29. The van der Waals surface area contributed by atoms with Gasteiger partial charge in [0.15, 0.2) is 16.9 Å². The predicted molar refractivity (Wildman–Crippen MR) is 242 cm³/mol. The molecule has 5 heterocycles. The van der Waals surface area contributed by atoms with E-state index in [2.05, 4.69) is 15.0 Å². The second-order valence-corrected chi connectivity index (χ2v) is 17.3. The molecule has 64 heavy (non-hydrogen) atoms. The van der Waals surface area contributed by atoms with Crippen molar-refractivity contribution in [2.24, 2.45) is 0 Å². The summed E-state index contributed by atoms with van der Waals surface area (Å²) in [6, 6.07) is 23.8. The lowest BCUT2D eigenvalue weighted by atomic mass is 9.96. The summed E-state index contributed by atoms with van der Waals surface area (Å²) in [7, 11) is 3.38. The highest BCUT2D eigenvalue weighted by molar-refractivity contribution is 7.79. The van der Waals surface area contributed by atoms with E-state index < -0.39 is 35.1 Å². The molecule has 0 aliphatic carbocycles. The number of carboxylic acids is 1. The van der Waals surface area contributed by atoms with E-state index in [0.29, 0.717) is 94.6 Å². The molecule has 0 radical (unpaired) electrons. The number of likely N-dealkylation sites (N-methyl/N-ethyl adjacent to an activating group) is 1. The number of carboxylic acid groups (broad SMARTS) is 1. The van der Waals surface area contributed by atoms with Crippen molar-refractivity contribution in [2.45, 2.75) is 32.2 Å². The lowest BCUT2D eigenvalue weighted by Crippen LogP contribution is -2.39. The molecular weight excluding hydrogens is 885 g/mol. The highest BCUT2D eigenvalue weighted by atomic mass is 35.5. The van der Waals surface area contributed by atoms with Gasteiger partial charge in [0.25, 0.3) is 0 Å². The summed E-state index contributed by atoms with van der Waals surface area (Å²) < 4.78 is 66.5. The Morgan fingerprint density at radius 1 is 1.02 bits per heavy atom. The summed E-state index contributed by atoms with van der Waals surface area (Å²) in [4.78, 5) is 34.5. The van der Waals surface area contributed by atoms with Gasteiger partial charge in [-0.3, -0.25) is 0 Å². The lowest BCUT2D eigenvalue weighted by Gasteiger charge is -2.26. The first-order valence-electron chi connectivity index (χ1n) is 19.9. The Balaban J connectivity index is 1.22. The molecule has 14 nitrogen and oxygen atoms in total. The molecule has 0 saturated heterocycles. The first-order chi connectivity index (χ1) is 30.9. The molecule has 3 aromatic heterocycles. The first-order valence-corrected chi connectivity index (χ1v) is 22.4. The Hall–Kier alpha value is -6.24. The molecule has 4 bridgehead atoms. The highest BCUT2D eigenvalue weighted by Crippen LogP contribution is 2.49. The summed E-state index contributed by atoms with van der Waals surface area (Å²) in [5.41, 5.74) is 4.29. The van der Waals surface area contributed by atoms with Crippen molar-refractivity contribution < 1.29 is 46.7 Å². The van der Waals surface area contributed by atoms with E-state index in [0.717, 1.165) is 0 Å². The van der Waals surface area contributed by atoms with Gasteiger partial charge >= 0.3 is 5.97 Å². The molecule has 3 atom stereocenters. The van der Waals surface area contributed by atoms with Gasteiger partial charge in [0.1, 0.15) is 59.3 Å². The zero-order valence-electron chi connectivity index (χ0n) is 34.7. The summed E-state index contributed by atoms with van der Waals surface area (Å²) >= 11 is 6.46. The van der Waals surface area contributed by atoms with Crippen molar-refractivity contribution >= 4 is 50.2 Å². The summed E-state index contributed by atoms with van der Waals surface area (Å²) in [6.45, 7) is 2.44. The topological polar surface area (TPSA) is 176 Å². The van der Waals surface area contributed by atoms with Gasteiger partial charge in [0.05, 0.1) is 34.5 Å². The molecule has 0 fully saturated rings. The number of benzene rings is 4. The minimum absolute atomic E-state index is 0.00559. The molecule has 0 saturated carbocycles. The fourth-order valence-electron chi connectivity index (χ4n) is 7.29. The molecule has 4 aromatic carbocycles. The van der Waals surface area contributed by atoms with Gasteiger partial charge in [-0.15, -0.1) is 11.3 Å². The Morgan fingerprint density at radius 3 is 2.61 bits per heavy atom. The summed E-state index contributed by atoms with van der Waals surface area (Å²) in [5.74, 6) is 0.527. The molecule has 2 aliphatic heterocycles. The minimum atomic E-state index is -2.00. The van der Waals surface area contributed by atoms with Gasteiger partial charge in [0.2, 0.25) is 12.0 Å². The van der Waals surface area contributed by atoms with Gasteiger partial charge in [-0.2, -0.15) is 0 Å². The predicted octanol–water partition coefficient (Wildman–Crippen LogP) is 8.54. The van der Waals surface area contributed by atoms with E-state index in [4.69, 9.17) is 40.3 Å². The average molecular weight is 926 g/mol. The number of para-hydroxylation sites is 1. The Morgan fingerprint density at radius 2 is 1.83 bits per heavy atom. The quantitative estimate of drug-likeness (QED) is 0.112. The maximum absolute atomic E-state index is 14.2. The Kier molecular flexibility index (Phi) is 13.6. The van der Waals surface area contributed by atoms with Crippen LogP contribution >= 0.6 is 22.9 Å². The van der Waals surface area contributed by atoms with Crippen LogP contribution in [0.1, 0.15) is 16.8 Å². The number of fused-ring (bicyclic) bond motifs is 7. The van der Waals surface area contributed by atoms with Crippen LogP contribution in [0.15, 0.2) is 97.5 Å². The summed E-state index contributed by atoms with van der Waals surface area (Å²) in [5, 5.41) is 11.5. The fraction of sp³-hybridized carbons (Fsp3) is 0.239. The lowest BCUT2D eigenvalue weighted by molar-refractivity contribution is -0.145.